The zero-order chi connectivity index (χ0) is 13.9. The van der Waals surface area contributed by atoms with Crippen molar-refractivity contribution in [3.63, 3.8) is 0 Å². The van der Waals surface area contributed by atoms with Crippen molar-refractivity contribution in [2.75, 3.05) is 6.54 Å². The standard InChI is InChI=1S/C16H16FNOS/c17-13-5-1-4-12(10-13)15-7-2-8-18(15)16(19)11-14-6-3-9-20-14/h1,3-6,9-10,15H,2,7-8,11H2/t15-/m1/s1. The summed E-state index contributed by atoms with van der Waals surface area (Å²) in [5.41, 5.74) is 0.905. The fourth-order valence-corrected chi connectivity index (χ4v) is 3.49. The van der Waals surface area contributed by atoms with Crippen LogP contribution in [0.2, 0.25) is 0 Å². The lowest BCUT2D eigenvalue weighted by Crippen LogP contribution is -2.31. The highest BCUT2D eigenvalue weighted by atomic mass is 32.1. The average Bonchev–Trinajstić information content (AvgIpc) is 3.09. The number of carbonyl (C=O) groups is 1. The van der Waals surface area contributed by atoms with E-state index >= 15 is 0 Å². The highest BCUT2D eigenvalue weighted by Crippen LogP contribution is 2.32. The number of amides is 1. The van der Waals surface area contributed by atoms with Crippen LogP contribution in [0.15, 0.2) is 41.8 Å². The minimum atomic E-state index is -0.236. The predicted octanol–water partition coefficient (Wildman–Crippen LogP) is 3.79. The summed E-state index contributed by atoms with van der Waals surface area (Å²) in [4.78, 5) is 15.4. The first-order chi connectivity index (χ1) is 9.74. The summed E-state index contributed by atoms with van der Waals surface area (Å²) >= 11 is 1.60. The molecule has 20 heavy (non-hydrogen) atoms. The first kappa shape index (κ1) is 13.3. The van der Waals surface area contributed by atoms with Crippen molar-refractivity contribution >= 4 is 17.2 Å². The van der Waals surface area contributed by atoms with Crippen LogP contribution in [0.1, 0.15) is 29.3 Å². The molecule has 1 atom stereocenters. The van der Waals surface area contributed by atoms with Gasteiger partial charge < -0.3 is 4.90 Å². The van der Waals surface area contributed by atoms with Gasteiger partial charge in [-0.25, -0.2) is 4.39 Å². The topological polar surface area (TPSA) is 20.3 Å². The maximum Gasteiger partial charge on any atom is 0.228 e. The zero-order valence-electron chi connectivity index (χ0n) is 11.1. The molecule has 2 aromatic rings. The quantitative estimate of drug-likeness (QED) is 0.841. The van der Waals surface area contributed by atoms with Crippen LogP contribution in [0.3, 0.4) is 0 Å². The molecule has 1 fully saturated rings. The summed E-state index contributed by atoms with van der Waals surface area (Å²) in [6.07, 6.45) is 2.35. The third kappa shape index (κ3) is 2.75. The van der Waals surface area contributed by atoms with Crippen LogP contribution >= 0.6 is 11.3 Å². The second-order valence-corrected chi connectivity index (χ2v) is 6.09. The molecule has 0 unspecified atom stereocenters. The Morgan fingerprint density at radius 3 is 3.00 bits per heavy atom. The fourth-order valence-electron chi connectivity index (χ4n) is 2.79. The van der Waals surface area contributed by atoms with Crippen LogP contribution in [0.4, 0.5) is 4.39 Å². The molecule has 0 saturated carbocycles. The maximum absolute atomic E-state index is 13.4. The van der Waals surface area contributed by atoms with E-state index in [9.17, 15) is 9.18 Å². The van der Waals surface area contributed by atoms with Gasteiger partial charge in [-0.2, -0.15) is 0 Å². The molecule has 1 aliphatic heterocycles. The van der Waals surface area contributed by atoms with Gasteiger partial charge in [-0.3, -0.25) is 4.79 Å². The molecule has 0 bridgehead atoms. The molecule has 0 spiro atoms. The Hall–Kier alpha value is -1.68. The SMILES string of the molecule is O=C(Cc1cccs1)N1CCC[C@@H]1c1cccc(F)c1. The molecular weight excluding hydrogens is 273 g/mol. The molecule has 104 valence electrons. The van der Waals surface area contributed by atoms with Crippen molar-refractivity contribution in [2.24, 2.45) is 0 Å². The number of benzene rings is 1. The number of halogens is 1. The monoisotopic (exact) mass is 289 g/mol. The Labute approximate surface area is 121 Å². The molecule has 0 N–H and O–H groups in total. The Morgan fingerprint density at radius 1 is 1.35 bits per heavy atom. The second kappa shape index (κ2) is 5.75. The van der Waals surface area contributed by atoms with E-state index in [0.29, 0.717) is 6.42 Å². The number of hydrogen-bond acceptors (Lipinski definition) is 2. The molecule has 2 heterocycles. The summed E-state index contributed by atoms with van der Waals surface area (Å²) < 4.78 is 13.4. The predicted molar refractivity (Wildman–Crippen MR) is 78.1 cm³/mol. The molecule has 1 amide bonds. The van der Waals surface area contributed by atoms with Gasteiger partial charge in [0.1, 0.15) is 5.82 Å². The Bertz CT molecular complexity index is 596. The van der Waals surface area contributed by atoms with E-state index in [1.807, 2.05) is 28.5 Å². The lowest BCUT2D eigenvalue weighted by Gasteiger charge is -2.25. The summed E-state index contributed by atoms with van der Waals surface area (Å²) in [5, 5.41) is 1.98. The normalized spacial score (nSPS) is 18.4. The van der Waals surface area contributed by atoms with E-state index in [4.69, 9.17) is 0 Å². The highest BCUT2D eigenvalue weighted by molar-refractivity contribution is 7.10. The van der Waals surface area contributed by atoms with E-state index < -0.39 is 0 Å². The number of likely N-dealkylation sites (tertiary alicyclic amines) is 1. The van der Waals surface area contributed by atoms with Gasteiger partial charge >= 0.3 is 0 Å². The largest absolute Gasteiger partial charge is 0.335 e. The van der Waals surface area contributed by atoms with E-state index in [-0.39, 0.29) is 17.8 Å². The van der Waals surface area contributed by atoms with Gasteiger partial charge in [0.15, 0.2) is 0 Å². The molecule has 1 saturated heterocycles. The Kier molecular flexibility index (Phi) is 3.83. The summed E-state index contributed by atoms with van der Waals surface area (Å²) in [7, 11) is 0. The Morgan fingerprint density at radius 2 is 2.25 bits per heavy atom. The Balaban J connectivity index is 1.77. The lowest BCUT2D eigenvalue weighted by molar-refractivity contribution is -0.131. The van der Waals surface area contributed by atoms with E-state index in [1.54, 1.807) is 23.5 Å². The summed E-state index contributed by atoms with van der Waals surface area (Å²) in [6, 6.07) is 10.6. The number of thiophene rings is 1. The van der Waals surface area contributed by atoms with Gasteiger partial charge in [0, 0.05) is 11.4 Å². The molecular formula is C16H16FNOS. The van der Waals surface area contributed by atoms with E-state index in [0.717, 1.165) is 29.8 Å². The molecule has 2 nitrogen and oxygen atoms in total. The number of rotatable bonds is 3. The van der Waals surface area contributed by atoms with E-state index in [1.165, 1.54) is 6.07 Å². The van der Waals surface area contributed by atoms with Gasteiger partial charge in [-0.15, -0.1) is 11.3 Å². The van der Waals surface area contributed by atoms with Crippen molar-refractivity contribution in [3.8, 4) is 0 Å². The van der Waals surface area contributed by atoms with Crippen LogP contribution < -0.4 is 0 Å². The van der Waals surface area contributed by atoms with Crippen molar-refractivity contribution in [1.82, 2.24) is 4.90 Å². The molecule has 1 aliphatic rings. The number of carbonyl (C=O) groups excluding carboxylic acids is 1. The first-order valence-corrected chi connectivity index (χ1v) is 7.69. The number of nitrogens with zero attached hydrogens (tertiary/aromatic N) is 1. The molecule has 1 aromatic heterocycles. The molecule has 3 rings (SSSR count). The van der Waals surface area contributed by atoms with Crippen LogP contribution in [0.25, 0.3) is 0 Å². The van der Waals surface area contributed by atoms with Crippen LogP contribution in [-0.4, -0.2) is 17.4 Å². The van der Waals surface area contributed by atoms with Crippen LogP contribution in [0.5, 0.6) is 0 Å². The second-order valence-electron chi connectivity index (χ2n) is 5.06. The van der Waals surface area contributed by atoms with Gasteiger partial charge in [-0.1, -0.05) is 18.2 Å². The van der Waals surface area contributed by atoms with Crippen LogP contribution in [0, 0.1) is 5.82 Å². The minimum absolute atomic E-state index is 0.0261. The fraction of sp³-hybridized carbons (Fsp3) is 0.312. The first-order valence-electron chi connectivity index (χ1n) is 6.81. The number of hydrogen-bond donors (Lipinski definition) is 0. The van der Waals surface area contributed by atoms with Crippen molar-refractivity contribution < 1.29 is 9.18 Å². The molecule has 0 aliphatic carbocycles. The third-order valence-corrected chi connectivity index (χ3v) is 4.59. The van der Waals surface area contributed by atoms with Gasteiger partial charge in [0.05, 0.1) is 12.5 Å². The van der Waals surface area contributed by atoms with E-state index in [2.05, 4.69) is 0 Å². The maximum atomic E-state index is 13.4. The average molecular weight is 289 g/mol. The van der Waals surface area contributed by atoms with Gasteiger partial charge in [0.25, 0.3) is 0 Å². The van der Waals surface area contributed by atoms with Gasteiger partial charge in [-0.05, 0) is 42.0 Å². The minimum Gasteiger partial charge on any atom is -0.335 e. The van der Waals surface area contributed by atoms with Crippen molar-refractivity contribution in [1.29, 1.82) is 0 Å². The highest BCUT2D eigenvalue weighted by Gasteiger charge is 2.30. The van der Waals surface area contributed by atoms with Crippen molar-refractivity contribution in [3.05, 3.63) is 58.0 Å². The summed E-state index contributed by atoms with van der Waals surface area (Å²) in [6.45, 7) is 0.769. The van der Waals surface area contributed by atoms with Crippen molar-refractivity contribution in [2.45, 2.75) is 25.3 Å². The molecule has 1 aromatic carbocycles. The molecule has 4 heteroatoms. The molecule has 0 radical (unpaired) electrons. The summed E-state index contributed by atoms with van der Waals surface area (Å²) in [5.74, 6) is -0.0979. The third-order valence-electron chi connectivity index (χ3n) is 3.71. The van der Waals surface area contributed by atoms with Gasteiger partial charge in [0.2, 0.25) is 5.91 Å². The zero-order valence-corrected chi connectivity index (χ0v) is 11.9. The smallest absolute Gasteiger partial charge is 0.228 e. The lowest BCUT2D eigenvalue weighted by atomic mass is 10.0. The van der Waals surface area contributed by atoms with Crippen LogP contribution in [-0.2, 0) is 11.2 Å².